The molecule has 1 N–H and O–H groups in total. The van der Waals surface area contributed by atoms with Gasteiger partial charge in [0.15, 0.2) is 0 Å². The molecule has 0 radical (unpaired) electrons. The molecular weight excluding hydrogens is 426 g/mol. The fourth-order valence-electron chi connectivity index (χ4n) is 2.74. The SMILES string of the molecule is CN(CC(=O)Nc1ccc(-c2nc3ccccc3s2)cc1)S(=O)(=O)c1cccs1. The number of hydrogen-bond donors (Lipinski definition) is 1. The molecule has 0 aliphatic rings. The van der Waals surface area contributed by atoms with Crippen LogP contribution in [-0.2, 0) is 14.8 Å². The van der Waals surface area contributed by atoms with Crippen LogP contribution in [0.5, 0.6) is 0 Å². The van der Waals surface area contributed by atoms with Crippen LogP contribution in [0.3, 0.4) is 0 Å². The van der Waals surface area contributed by atoms with Crippen LogP contribution in [0.1, 0.15) is 0 Å². The zero-order valence-corrected chi connectivity index (χ0v) is 17.9. The Hall–Kier alpha value is -2.59. The van der Waals surface area contributed by atoms with Crippen molar-refractivity contribution in [3.8, 4) is 10.6 Å². The van der Waals surface area contributed by atoms with E-state index in [1.165, 1.54) is 13.1 Å². The first kappa shape index (κ1) is 19.7. The van der Waals surface area contributed by atoms with Crippen LogP contribution >= 0.6 is 22.7 Å². The van der Waals surface area contributed by atoms with E-state index in [0.29, 0.717) is 5.69 Å². The number of aromatic nitrogens is 1. The van der Waals surface area contributed by atoms with E-state index in [1.807, 2.05) is 36.4 Å². The fraction of sp³-hybridized carbons (Fsp3) is 0.100. The number of fused-ring (bicyclic) bond motifs is 1. The summed E-state index contributed by atoms with van der Waals surface area (Å²) in [5.41, 5.74) is 2.52. The molecule has 0 saturated heterocycles. The summed E-state index contributed by atoms with van der Waals surface area (Å²) in [6.07, 6.45) is 0. The van der Waals surface area contributed by atoms with Gasteiger partial charge in [0.25, 0.3) is 10.0 Å². The predicted octanol–water partition coefficient (Wildman–Crippen LogP) is 4.28. The lowest BCUT2D eigenvalue weighted by molar-refractivity contribution is -0.116. The molecule has 0 unspecified atom stereocenters. The number of hydrogen-bond acceptors (Lipinski definition) is 6. The van der Waals surface area contributed by atoms with Gasteiger partial charge < -0.3 is 5.32 Å². The van der Waals surface area contributed by atoms with Crippen molar-refractivity contribution in [2.75, 3.05) is 18.9 Å². The second-order valence-electron chi connectivity index (χ2n) is 6.31. The molecule has 2 aromatic heterocycles. The summed E-state index contributed by atoms with van der Waals surface area (Å²) in [6.45, 7) is -0.264. The Morgan fingerprint density at radius 2 is 1.83 bits per heavy atom. The minimum Gasteiger partial charge on any atom is -0.325 e. The molecule has 0 fully saturated rings. The lowest BCUT2D eigenvalue weighted by Crippen LogP contribution is -2.34. The number of amides is 1. The quantitative estimate of drug-likeness (QED) is 0.482. The molecule has 148 valence electrons. The molecule has 9 heteroatoms. The average molecular weight is 444 g/mol. The van der Waals surface area contributed by atoms with Gasteiger partial charge in [0.2, 0.25) is 5.91 Å². The van der Waals surface area contributed by atoms with Crippen molar-refractivity contribution in [1.29, 1.82) is 0 Å². The van der Waals surface area contributed by atoms with E-state index in [-0.39, 0.29) is 10.8 Å². The fourth-order valence-corrected chi connectivity index (χ4v) is 6.04. The number of anilines is 1. The lowest BCUT2D eigenvalue weighted by Gasteiger charge is -2.15. The van der Waals surface area contributed by atoms with Crippen molar-refractivity contribution in [2.45, 2.75) is 4.21 Å². The van der Waals surface area contributed by atoms with Crippen molar-refractivity contribution < 1.29 is 13.2 Å². The number of nitrogens with one attached hydrogen (secondary N) is 1. The molecule has 4 rings (SSSR count). The number of para-hydroxylation sites is 1. The van der Waals surface area contributed by atoms with Gasteiger partial charge in [-0.2, -0.15) is 4.31 Å². The molecule has 1 amide bonds. The van der Waals surface area contributed by atoms with Gasteiger partial charge in [0.1, 0.15) is 9.22 Å². The van der Waals surface area contributed by atoms with Gasteiger partial charge in [0, 0.05) is 18.3 Å². The van der Waals surface area contributed by atoms with Crippen molar-refractivity contribution in [2.24, 2.45) is 0 Å². The molecule has 0 aliphatic heterocycles. The molecule has 0 aliphatic carbocycles. The van der Waals surface area contributed by atoms with Crippen LogP contribution in [0.15, 0.2) is 70.3 Å². The van der Waals surface area contributed by atoms with Gasteiger partial charge in [-0.15, -0.1) is 22.7 Å². The highest BCUT2D eigenvalue weighted by Gasteiger charge is 2.23. The third-order valence-electron chi connectivity index (χ3n) is 4.24. The zero-order valence-electron chi connectivity index (χ0n) is 15.4. The topological polar surface area (TPSA) is 79.4 Å². The van der Waals surface area contributed by atoms with Crippen molar-refractivity contribution in [1.82, 2.24) is 9.29 Å². The summed E-state index contributed by atoms with van der Waals surface area (Å²) in [7, 11) is -2.26. The van der Waals surface area contributed by atoms with Gasteiger partial charge in [-0.3, -0.25) is 4.79 Å². The lowest BCUT2D eigenvalue weighted by atomic mass is 10.2. The smallest absolute Gasteiger partial charge is 0.252 e. The highest BCUT2D eigenvalue weighted by atomic mass is 32.2. The average Bonchev–Trinajstić information content (AvgIpc) is 3.38. The van der Waals surface area contributed by atoms with Gasteiger partial charge in [-0.1, -0.05) is 18.2 Å². The number of thiophene rings is 1. The first-order chi connectivity index (χ1) is 13.9. The Morgan fingerprint density at radius 1 is 1.07 bits per heavy atom. The Balaban J connectivity index is 1.42. The number of likely N-dealkylation sites (N-methyl/N-ethyl adjacent to an activating group) is 1. The molecular formula is C20H17N3O3S3. The maximum Gasteiger partial charge on any atom is 0.252 e. The summed E-state index contributed by atoms with van der Waals surface area (Å²) >= 11 is 2.73. The third kappa shape index (κ3) is 4.23. The van der Waals surface area contributed by atoms with Crippen LogP contribution in [-0.4, -0.2) is 37.2 Å². The van der Waals surface area contributed by atoms with Gasteiger partial charge in [0.05, 0.1) is 16.8 Å². The zero-order chi connectivity index (χ0) is 20.4. The number of sulfonamides is 1. The first-order valence-corrected chi connectivity index (χ1v) is 11.8. The summed E-state index contributed by atoms with van der Waals surface area (Å²) in [5, 5.41) is 5.33. The van der Waals surface area contributed by atoms with E-state index in [2.05, 4.69) is 10.3 Å². The highest BCUT2D eigenvalue weighted by molar-refractivity contribution is 7.91. The Morgan fingerprint density at radius 3 is 2.52 bits per heavy atom. The number of rotatable bonds is 6. The largest absolute Gasteiger partial charge is 0.325 e. The van der Waals surface area contributed by atoms with Crippen molar-refractivity contribution in [3.63, 3.8) is 0 Å². The minimum absolute atomic E-state index is 0.216. The number of nitrogens with zero attached hydrogens (tertiary/aromatic N) is 2. The molecule has 0 atom stereocenters. The number of thiazole rings is 1. The van der Waals surface area contributed by atoms with Crippen LogP contribution < -0.4 is 5.32 Å². The molecule has 2 aromatic carbocycles. The Labute approximate surface area is 176 Å². The molecule has 2 heterocycles. The third-order valence-corrected chi connectivity index (χ3v) is 8.50. The van der Waals surface area contributed by atoms with Crippen LogP contribution in [0.4, 0.5) is 5.69 Å². The van der Waals surface area contributed by atoms with E-state index in [0.717, 1.165) is 36.4 Å². The van der Waals surface area contributed by atoms with E-state index in [4.69, 9.17) is 0 Å². The number of carbonyl (C=O) groups is 1. The summed E-state index contributed by atoms with van der Waals surface area (Å²) < 4.78 is 27.2. The number of carbonyl (C=O) groups excluding carboxylic acids is 1. The maximum atomic E-state index is 12.4. The molecule has 0 spiro atoms. The summed E-state index contributed by atoms with van der Waals surface area (Å²) in [4.78, 5) is 16.9. The van der Waals surface area contributed by atoms with E-state index < -0.39 is 15.9 Å². The molecule has 0 bridgehead atoms. The first-order valence-electron chi connectivity index (χ1n) is 8.69. The minimum atomic E-state index is -3.65. The van der Waals surface area contributed by atoms with Crippen molar-refractivity contribution in [3.05, 3.63) is 66.0 Å². The van der Waals surface area contributed by atoms with Crippen LogP contribution in [0.2, 0.25) is 0 Å². The predicted molar refractivity (Wildman–Crippen MR) is 118 cm³/mol. The second-order valence-corrected chi connectivity index (χ2v) is 10.6. The Bertz CT molecular complexity index is 1210. The van der Waals surface area contributed by atoms with E-state index >= 15 is 0 Å². The van der Waals surface area contributed by atoms with Crippen LogP contribution in [0.25, 0.3) is 20.8 Å². The molecule has 0 saturated carbocycles. The maximum absolute atomic E-state index is 12.4. The second kappa shape index (κ2) is 8.03. The van der Waals surface area contributed by atoms with Gasteiger partial charge in [-0.05, 0) is 47.8 Å². The number of benzene rings is 2. The molecule has 29 heavy (non-hydrogen) atoms. The highest BCUT2D eigenvalue weighted by Crippen LogP contribution is 2.30. The molecule has 6 nitrogen and oxygen atoms in total. The standard InChI is InChI=1S/C20H17N3O3S3/c1-23(29(25,26)19-7-4-12-27-19)13-18(24)21-15-10-8-14(9-11-15)20-22-16-5-2-3-6-17(16)28-20/h2-12H,13H2,1H3,(H,21,24). The molecule has 4 aromatic rings. The van der Waals surface area contributed by atoms with Gasteiger partial charge >= 0.3 is 0 Å². The summed E-state index contributed by atoms with van der Waals surface area (Å²) in [5.74, 6) is -0.402. The van der Waals surface area contributed by atoms with Crippen LogP contribution in [0, 0.1) is 0 Å². The van der Waals surface area contributed by atoms with E-state index in [9.17, 15) is 13.2 Å². The monoisotopic (exact) mass is 443 g/mol. The normalized spacial score (nSPS) is 11.8. The van der Waals surface area contributed by atoms with Gasteiger partial charge in [-0.25, -0.2) is 13.4 Å². The van der Waals surface area contributed by atoms with E-state index in [1.54, 1.807) is 34.9 Å². The summed E-state index contributed by atoms with van der Waals surface area (Å²) in [6, 6.07) is 18.5. The Kier molecular flexibility index (Phi) is 5.46. The van der Waals surface area contributed by atoms with Crippen molar-refractivity contribution >= 4 is 54.5 Å².